The summed E-state index contributed by atoms with van der Waals surface area (Å²) in [4.78, 5) is 36.1. The highest BCUT2D eigenvalue weighted by atomic mass is 32.1. The molecule has 11 heteroatoms. The molecule has 1 aromatic carbocycles. The smallest absolute Gasteiger partial charge is 0.349 e. The van der Waals surface area contributed by atoms with E-state index in [4.69, 9.17) is 4.74 Å². The van der Waals surface area contributed by atoms with Crippen LogP contribution in [0.15, 0.2) is 29.5 Å². The lowest BCUT2D eigenvalue weighted by atomic mass is 10.3. The van der Waals surface area contributed by atoms with Crippen LogP contribution in [0, 0.1) is 5.82 Å². The van der Waals surface area contributed by atoms with Gasteiger partial charge in [-0.3, -0.25) is 9.36 Å². The molecule has 0 saturated carbocycles. The number of hydrogen-bond donors (Lipinski definition) is 1. The Hall–Kier alpha value is -3.34. The highest BCUT2D eigenvalue weighted by molar-refractivity contribution is 7.22. The number of carbonyl (C=O) groups excluding carboxylic acids is 1. The van der Waals surface area contributed by atoms with E-state index in [9.17, 15) is 14.0 Å². The van der Waals surface area contributed by atoms with E-state index >= 15 is 0 Å². The number of hydrogen-bond acceptors (Lipinski definition) is 7. The zero-order valence-electron chi connectivity index (χ0n) is 14.3. The van der Waals surface area contributed by atoms with Gasteiger partial charge in [0.1, 0.15) is 12.1 Å². The predicted octanol–water partition coefficient (Wildman–Crippen LogP) is 1.53. The van der Waals surface area contributed by atoms with Crippen molar-refractivity contribution >= 4 is 43.8 Å². The lowest BCUT2D eigenvalue weighted by Crippen LogP contribution is -2.21. The molecule has 0 aliphatic heterocycles. The number of carbonyl (C=O) groups is 1. The summed E-state index contributed by atoms with van der Waals surface area (Å²) in [5.41, 5.74) is 1.10. The standard InChI is InChI=1S/C16H13FN6O3S/c1-22-14-10(5-18-16(22)25)23(7-19-14)6-13(24)21-15-20-9-4-11(26-2)8(17)3-12(9)27-15/h3-5,7H,6H2,1-2H3,(H,20,21,24). The molecule has 0 atom stereocenters. The Morgan fingerprint density at radius 2 is 2.19 bits per heavy atom. The van der Waals surface area contributed by atoms with E-state index in [0.717, 1.165) is 11.3 Å². The zero-order valence-corrected chi connectivity index (χ0v) is 15.1. The predicted molar refractivity (Wildman–Crippen MR) is 97.5 cm³/mol. The molecule has 4 aromatic rings. The van der Waals surface area contributed by atoms with Gasteiger partial charge in [0.2, 0.25) is 5.91 Å². The fraction of sp³-hybridized carbons (Fsp3) is 0.188. The van der Waals surface area contributed by atoms with Gasteiger partial charge in [0.15, 0.2) is 22.3 Å². The molecule has 0 fully saturated rings. The Kier molecular flexibility index (Phi) is 4.07. The maximum atomic E-state index is 13.8. The van der Waals surface area contributed by atoms with Crippen LogP contribution in [-0.4, -0.2) is 37.1 Å². The fourth-order valence-corrected chi connectivity index (χ4v) is 3.53. The molecule has 27 heavy (non-hydrogen) atoms. The van der Waals surface area contributed by atoms with Crippen molar-refractivity contribution in [3.8, 4) is 5.75 Å². The number of methoxy groups -OCH3 is 1. The second-order valence-corrected chi connectivity index (χ2v) is 6.73. The summed E-state index contributed by atoms with van der Waals surface area (Å²) >= 11 is 1.16. The zero-order chi connectivity index (χ0) is 19.1. The Morgan fingerprint density at radius 3 is 2.96 bits per heavy atom. The molecular weight excluding hydrogens is 375 g/mol. The SMILES string of the molecule is COc1cc2nc(NC(=O)Cn3cnc4c3cnc(=O)n4C)sc2cc1F. The number of nitrogens with one attached hydrogen (secondary N) is 1. The van der Waals surface area contributed by atoms with Crippen LogP contribution in [0.4, 0.5) is 9.52 Å². The molecule has 0 aliphatic carbocycles. The van der Waals surface area contributed by atoms with E-state index in [0.29, 0.717) is 26.5 Å². The van der Waals surface area contributed by atoms with Crippen LogP contribution >= 0.6 is 11.3 Å². The van der Waals surface area contributed by atoms with Crippen molar-refractivity contribution in [2.75, 3.05) is 12.4 Å². The molecule has 1 amide bonds. The first kappa shape index (κ1) is 17.1. The number of aromatic nitrogens is 5. The average molecular weight is 388 g/mol. The van der Waals surface area contributed by atoms with E-state index in [1.54, 1.807) is 11.6 Å². The van der Waals surface area contributed by atoms with Crippen LogP contribution in [0.25, 0.3) is 21.4 Å². The van der Waals surface area contributed by atoms with Gasteiger partial charge < -0.3 is 14.6 Å². The lowest BCUT2D eigenvalue weighted by Gasteiger charge is -2.04. The van der Waals surface area contributed by atoms with Gasteiger partial charge in [0, 0.05) is 13.1 Å². The number of ether oxygens (including phenoxy) is 1. The first-order chi connectivity index (χ1) is 13.0. The fourth-order valence-electron chi connectivity index (χ4n) is 2.64. The number of halogens is 1. The van der Waals surface area contributed by atoms with Gasteiger partial charge in [-0.1, -0.05) is 11.3 Å². The third-order valence-corrected chi connectivity index (χ3v) is 4.92. The first-order valence-electron chi connectivity index (χ1n) is 7.77. The number of aryl methyl sites for hydroxylation is 1. The number of rotatable bonds is 4. The van der Waals surface area contributed by atoms with Gasteiger partial charge >= 0.3 is 5.69 Å². The molecule has 1 N–H and O–H groups in total. The van der Waals surface area contributed by atoms with Gasteiger partial charge in [0.05, 0.1) is 29.9 Å². The van der Waals surface area contributed by atoms with Gasteiger partial charge in [-0.05, 0) is 6.07 Å². The topological polar surface area (TPSA) is 104 Å². The quantitative estimate of drug-likeness (QED) is 0.569. The maximum Gasteiger partial charge on any atom is 0.349 e. The summed E-state index contributed by atoms with van der Waals surface area (Å²) in [7, 11) is 2.93. The van der Waals surface area contributed by atoms with Crippen molar-refractivity contribution in [1.82, 2.24) is 24.1 Å². The van der Waals surface area contributed by atoms with Crippen LogP contribution in [0.1, 0.15) is 0 Å². The number of benzene rings is 1. The molecule has 138 valence electrons. The second kappa shape index (κ2) is 6.43. The molecule has 0 saturated heterocycles. The van der Waals surface area contributed by atoms with E-state index in [1.165, 1.54) is 36.3 Å². The van der Waals surface area contributed by atoms with Crippen LogP contribution < -0.4 is 15.7 Å². The van der Waals surface area contributed by atoms with Crippen LogP contribution in [0.5, 0.6) is 5.75 Å². The maximum absolute atomic E-state index is 13.8. The number of amides is 1. The van der Waals surface area contributed by atoms with Gasteiger partial charge in [-0.15, -0.1) is 0 Å². The Labute approximate surface area is 155 Å². The van der Waals surface area contributed by atoms with Crippen LogP contribution in [-0.2, 0) is 18.4 Å². The molecule has 4 rings (SSSR count). The molecule has 0 bridgehead atoms. The van der Waals surface area contributed by atoms with Crippen molar-refractivity contribution in [3.05, 3.63) is 41.0 Å². The summed E-state index contributed by atoms with van der Waals surface area (Å²) in [6.07, 6.45) is 2.84. The van der Waals surface area contributed by atoms with E-state index in [-0.39, 0.29) is 18.2 Å². The summed E-state index contributed by atoms with van der Waals surface area (Å²) in [6.45, 7) is -0.0377. The van der Waals surface area contributed by atoms with Crippen LogP contribution in [0.2, 0.25) is 0 Å². The molecule has 0 aliphatic rings. The summed E-state index contributed by atoms with van der Waals surface area (Å²) in [6, 6.07) is 2.80. The molecule has 3 aromatic heterocycles. The minimum absolute atomic E-state index is 0.0377. The van der Waals surface area contributed by atoms with Crippen molar-refractivity contribution in [2.45, 2.75) is 6.54 Å². The highest BCUT2D eigenvalue weighted by Gasteiger charge is 2.14. The third-order valence-electron chi connectivity index (χ3n) is 3.98. The molecule has 0 unspecified atom stereocenters. The number of nitrogens with zero attached hydrogens (tertiary/aromatic N) is 5. The highest BCUT2D eigenvalue weighted by Crippen LogP contribution is 2.31. The largest absolute Gasteiger partial charge is 0.494 e. The summed E-state index contributed by atoms with van der Waals surface area (Å²) in [5, 5.41) is 3.03. The number of fused-ring (bicyclic) bond motifs is 2. The van der Waals surface area contributed by atoms with Gasteiger partial charge in [-0.25, -0.2) is 19.2 Å². The minimum atomic E-state index is -0.491. The van der Waals surface area contributed by atoms with Crippen molar-refractivity contribution in [1.29, 1.82) is 0 Å². The molecular formula is C16H13FN6O3S. The molecule has 0 spiro atoms. The van der Waals surface area contributed by atoms with Crippen molar-refractivity contribution in [3.63, 3.8) is 0 Å². The minimum Gasteiger partial charge on any atom is -0.494 e. The lowest BCUT2D eigenvalue weighted by molar-refractivity contribution is -0.116. The van der Waals surface area contributed by atoms with Gasteiger partial charge in [0.25, 0.3) is 0 Å². The van der Waals surface area contributed by atoms with Crippen molar-refractivity contribution in [2.24, 2.45) is 7.05 Å². The van der Waals surface area contributed by atoms with Gasteiger partial charge in [-0.2, -0.15) is 4.98 Å². The molecule has 0 radical (unpaired) electrons. The Morgan fingerprint density at radius 1 is 1.37 bits per heavy atom. The Bertz CT molecular complexity index is 1240. The first-order valence-corrected chi connectivity index (χ1v) is 8.58. The molecule has 3 heterocycles. The van der Waals surface area contributed by atoms with E-state index in [1.807, 2.05) is 0 Å². The van der Waals surface area contributed by atoms with E-state index < -0.39 is 11.5 Å². The summed E-state index contributed by atoms with van der Waals surface area (Å²) in [5.74, 6) is -0.738. The van der Waals surface area contributed by atoms with Crippen molar-refractivity contribution < 1.29 is 13.9 Å². The average Bonchev–Trinajstić information content (AvgIpc) is 3.20. The second-order valence-electron chi connectivity index (χ2n) is 5.70. The molecule has 9 nitrogen and oxygen atoms in total. The number of anilines is 1. The number of imidazole rings is 1. The Balaban J connectivity index is 1.57. The normalized spacial score (nSPS) is 11.2. The third kappa shape index (κ3) is 3.01. The van der Waals surface area contributed by atoms with Crippen LogP contribution in [0.3, 0.4) is 0 Å². The monoisotopic (exact) mass is 388 g/mol. The number of thiazole rings is 1. The summed E-state index contributed by atoms with van der Waals surface area (Å²) < 4.78 is 22.2. The van der Waals surface area contributed by atoms with E-state index in [2.05, 4.69) is 20.3 Å².